The van der Waals surface area contributed by atoms with Crippen molar-refractivity contribution in [2.75, 3.05) is 0 Å². The highest BCUT2D eigenvalue weighted by atomic mass is 14.7. The Bertz CT molecular complexity index is 836. The number of unbranched alkanes of at least 4 members (excludes halogenated alkanes) is 3. The Labute approximate surface area is 196 Å². The molecule has 2 heteroatoms. The summed E-state index contributed by atoms with van der Waals surface area (Å²) >= 11 is 0. The number of hydrogen-bond donors (Lipinski definition) is 0. The molecule has 1 aromatic carbocycles. The highest BCUT2D eigenvalue weighted by molar-refractivity contribution is 5.59. The van der Waals surface area contributed by atoms with E-state index >= 15 is 0 Å². The van der Waals surface area contributed by atoms with Gasteiger partial charge in [-0.25, -0.2) is 0 Å². The number of nitriles is 1. The van der Waals surface area contributed by atoms with Crippen LogP contribution in [0.15, 0.2) is 42.6 Å². The molecule has 0 spiro atoms. The standard InChI is InChI=1S/C30H42N2/c1-4-6-7-8-9-25-10-15-29(32-22-25)28-13-11-26(12-14-28)27-17-20-30(23-31,21-18-27)19-16-24(3)5-2/h10-15,22,24,27H,4-9,16-21H2,1-3H3. The molecule has 2 nitrogen and oxygen atoms in total. The van der Waals surface area contributed by atoms with Crippen LogP contribution < -0.4 is 0 Å². The van der Waals surface area contributed by atoms with Crippen LogP contribution in [0.25, 0.3) is 11.3 Å². The highest BCUT2D eigenvalue weighted by Gasteiger charge is 2.35. The molecule has 1 aliphatic rings. The number of aryl methyl sites for hydroxylation is 1. The van der Waals surface area contributed by atoms with Crippen molar-refractivity contribution in [1.29, 1.82) is 5.26 Å². The molecule has 2 aromatic rings. The van der Waals surface area contributed by atoms with Crippen molar-refractivity contribution >= 4 is 0 Å². The Hall–Kier alpha value is -2.14. The normalized spacial score (nSPS) is 21.8. The van der Waals surface area contributed by atoms with Crippen molar-refractivity contribution in [3.05, 3.63) is 53.7 Å². The Morgan fingerprint density at radius 1 is 1.03 bits per heavy atom. The van der Waals surface area contributed by atoms with E-state index in [0.29, 0.717) is 5.92 Å². The summed E-state index contributed by atoms with van der Waals surface area (Å²) in [5, 5.41) is 9.88. The number of nitrogens with zero attached hydrogens (tertiary/aromatic N) is 2. The van der Waals surface area contributed by atoms with Gasteiger partial charge in [0.25, 0.3) is 0 Å². The molecule has 172 valence electrons. The molecule has 1 unspecified atom stereocenters. The summed E-state index contributed by atoms with van der Waals surface area (Å²) in [5.41, 5.74) is 4.95. The molecule has 1 aliphatic carbocycles. The molecule has 3 rings (SSSR count). The fourth-order valence-corrected chi connectivity index (χ4v) is 5.07. The quantitative estimate of drug-likeness (QED) is 0.334. The topological polar surface area (TPSA) is 36.7 Å². The summed E-state index contributed by atoms with van der Waals surface area (Å²) in [5.74, 6) is 1.32. The SMILES string of the molecule is CCCCCCc1ccc(-c2ccc(C3CCC(C#N)(CCC(C)CC)CC3)cc2)nc1. The zero-order valence-electron chi connectivity index (χ0n) is 20.6. The predicted octanol–water partition coefficient (Wildman–Crippen LogP) is 8.87. The van der Waals surface area contributed by atoms with Gasteiger partial charge in [-0.15, -0.1) is 0 Å². The summed E-state index contributed by atoms with van der Waals surface area (Å²) in [7, 11) is 0. The van der Waals surface area contributed by atoms with Crippen LogP contribution in [-0.4, -0.2) is 4.98 Å². The van der Waals surface area contributed by atoms with Crippen molar-refractivity contribution in [2.24, 2.45) is 11.3 Å². The lowest BCUT2D eigenvalue weighted by molar-refractivity contribution is 0.213. The maximum Gasteiger partial charge on any atom is 0.0702 e. The van der Waals surface area contributed by atoms with Crippen molar-refractivity contribution in [2.45, 2.75) is 104 Å². The van der Waals surface area contributed by atoms with Gasteiger partial charge in [-0.1, -0.05) is 76.8 Å². The Morgan fingerprint density at radius 2 is 1.78 bits per heavy atom. The molecular formula is C30H42N2. The molecular weight excluding hydrogens is 388 g/mol. The molecule has 1 aromatic heterocycles. The van der Waals surface area contributed by atoms with Crippen LogP contribution >= 0.6 is 0 Å². The van der Waals surface area contributed by atoms with Gasteiger partial charge in [0.15, 0.2) is 0 Å². The van der Waals surface area contributed by atoms with Crippen molar-refractivity contribution in [1.82, 2.24) is 4.98 Å². The second-order valence-electron chi connectivity index (χ2n) is 10.2. The molecule has 1 heterocycles. The first kappa shape index (κ1) is 24.5. The molecule has 0 N–H and O–H groups in total. The third-order valence-corrected chi connectivity index (χ3v) is 7.81. The second kappa shape index (κ2) is 12.2. The number of pyridine rings is 1. The predicted molar refractivity (Wildman–Crippen MR) is 135 cm³/mol. The van der Waals surface area contributed by atoms with Crippen LogP contribution in [0, 0.1) is 22.7 Å². The van der Waals surface area contributed by atoms with Gasteiger partial charge in [-0.2, -0.15) is 5.26 Å². The lowest BCUT2D eigenvalue weighted by atomic mass is 9.67. The van der Waals surface area contributed by atoms with Crippen LogP contribution in [0.4, 0.5) is 0 Å². The van der Waals surface area contributed by atoms with Gasteiger partial charge in [0.05, 0.1) is 17.2 Å². The zero-order chi connectivity index (χ0) is 22.8. The number of aromatic nitrogens is 1. The molecule has 32 heavy (non-hydrogen) atoms. The molecule has 0 saturated heterocycles. The largest absolute Gasteiger partial charge is 0.256 e. The van der Waals surface area contributed by atoms with E-state index in [1.54, 1.807) is 0 Å². The molecule has 0 amide bonds. The van der Waals surface area contributed by atoms with E-state index in [9.17, 15) is 5.26 Å². The van der Waals surface area contributed by atoms with E-state index < -0.39 is 0 Å². The number of benzene rings is 1. The van der Waals surface area contributed by atoms with Gasteiger partial charge in [0.1, 0.15) is 0 Å². The summed E-state index contributed by atoms with van der Waals surface area (Å²) in [6, 6.07) is 16.2. The summed E-state index contributed by atoms with van der Waals surface area (Å²) in [6.07, 6.45) is 16.2. The zero-order valence-corrected chi connectivity index (χ0v) is 20.6. The molecule has 0 bridgehead atoms. The van der Waals surface area contributed by atoms with E-state index in [1.165, 1.54) is 55.2 Å². The molecule has 0 radical (unpaired) electrons. The lowest BCUT2D eigenvalue weighted by Gasteiger charge is -2.36. The van der Waals surface area contributed by atoms with E-state index in [1.807, 2.05) is 0 Å². The van der Waals surface area contributed by atoms with E-state index in [2.05, 4.69) is 69.4 Å². The van der Waals surface area contributed by atoms with E-state index in [-0.39, 0.29) is 5.41 Å². The van der Waals surface area contributed by atoms with Crippen LogP contribution in [0.1, 0.15) is 108 Å². The van der Waals surface area contributed by atoms with Crippen LogP contribution in [0.3, 0.4) is 0 Å². The first-order valence-corrected chi connectivity index (χ1v) is 13.1. The minimum atomic E-state index is -0.0813. The van der Waals surface area contributed by atoms with Gasteiger partial charge in [-0.05, 0) is 80.4 Å². The average molecular weight is 431 g/mol. The van der Waals surface area contributed by atoms with E-state index in [4.69, 9.17) is 4.98 Å². The van der Waals surface area contributed by atoms with Gasteiger partial charge in [-0.3, -0.25) is 4.98 Å². The maximum atomic E-state index is 9.88. The smallest absolute Gasteiger partial charge is 0.0702 e. The summed E-state index contributed by atoms with van der Waals surface area (Å²) in [4.78, 5) is 4.73. The van der Waals surface area contributed by atoms with Crippen molar-refractivity contribution in [3.8, 4) is 17.3 Å². The minimum absolute atomic E-state index is 0.0813. The van der Waals surface area contributed by atoms with Crippen LogP contribution in [0.2, 0.25) is 0 Å². The number of rotatable bonds is 11. The fraction of sp³-hybridized carbons (Fsp3) is 0.600. The molecule has 1 fully saturated rings. The maximum absolute atomic E-state index is 9.88. The van der Waals surface area contributed by atoms with Gasteiger partial charge < -0.3 is 0 Å². The third-order valence-electron chi connectivity index (χ3n) is 7.81. The molecule has 1 atom stereocenters. The minimum Gasteiger partial charge on any atom is -0.256 e. The Kier molecular flexibility index (Phi) is 9.34. The lowest BCUT2D eigenvalue weighted by Crippen LogP contribution is -2.26. The second-order valence-corrected chi connectivity index (χ2v) is 10.2. The van der Waals surface area contributed by atoms with E-state index in [0.717, 1.165) is 50.1 Å². The van der Waals surface area contributed by atoms with Gasteiger partial charge >= 0.3 is 0 Å². The van der Waals surface area contributed by atoms with Crippen molar-refractivity contribution < 1.29 is 0 Å². The first-order valence-electron chi connectivity index (χ1n) is 13.1. The first-order chi connectivity index (χ1) is 15.6. The fourth-order valence-electron chi connectivity index (χ4n) is 5.07. The van der Waals surface area contributed by atoms with Crippen molar-refractivity contribution in [3.63, 3.8) is 0 Å². The highest BCUT2D eigenvalue weighted by Crippen LogP contribution is 2.46. The van der Waals surface area contributed by atoms with Crippen LogP contribution in [-0.2, 0) is 6.42 Å². The summed E-state index contributed by atoms with van der Waals surface area (Å²) in [6.45, 7) is 6.82. The van der Waals surface area contributed by atoms with Gasteiger partial charge in [0, 0.05) is 11.8 Å². The van der Waals surface area contributed by atoms with Crippen LogP contribution in [0.5, 0.6) is 0 Å². The summed E-state index contributed by atoms with van der Waals surface area (Å²) < 4.78 is 0. The van der Waals surface area contributed by atoms with Gasteiger partial charge in [0.2, 0.25) is 0 Å². The monoisotopic (exact) mass is 430 g/mol. The molecule has 0 aliphatic heterocycles. The molecule has 1 saturated carbocycles. The number of hydrogen-bond acceptors (Lipinski definition) is 2. The third kappa shape index (κ3) is 6.68. The average Bonchev–Trinajstić information content (AvgIpc) is 2.86. The Morgan fingerprint density at radius 3 is 2.38 bits per heavy atom. The Balaban J connectivity index is 1.54.